The van der Waals surface area contributed by atoms with Gasteiger partial charge in [-0.05, 0) is 25.8 Å². The molecule has 0 aromatic rings. The Morgan fingerprint density at radius 3 is 3.00 bits per heavy atom. The standard InChI is InChI=1S/C9H19NO3/c11-7-8(12)6-10-4-3-9-2-1-5-13-9/h8-12H,1-7H2. The van der Waals surface area contributed by atoms with Crippen LogP contribution < -0.4 is 5.32 Å². The lowest BCUT2D eigenvalue weighted by Gasteiger charge is -2.11. The summed E-state index contributed by atoms with van der Waals surface area (Å²) >= 11 is 0. The molecule has 1 fully saturated rings. The van der Waals surface area contributed by atoms with Crippen LogP contribution in [0.15, 0.2) is 0 Å². The number of hydrogen-bond acceptors (Lipinski definition) is 4. The van der Waals surface area contributed by atoms with Gasteiger partial charge in [0, 0.05) is 13.2 Å². The van der Waals surface area contributed by atoms with E-state index in [4.69, 9.17) is 14.9 Å². The van der Waals surface area contributed by atoms with Gasteiger partial charge in [-0.3, -0.25) is 0 Å². The molecule has 0 spiro atoms. The summed E-state index contributed by atoms with van der Waals surface area (Å²) < 4.78 is 5.43. The van der Waals surface area contributed by atoms with E-state index in [1.807, 2.05) is 0 Å². The van der Waals surface area contributed by atoms with Crippen molar-refractivity contribution < 1.29 is 14.9 Å². The molecule has 1 rings (SSSR count). The van der Waals surface area contributed by atoms with Crippen LogP contribution in [0.25, 0.3) is 0 Å². The second kappa shape index (κ2) is 6.32. The second-order valence-electron chi connectivity index (χ2n) is 3.46. The SMILES string of the molecule is OCC(O)CNCCC1CCCO1. The highest BCUT2D eigenvalue weighted by molar-refractivity contribution is 4.66. The van der Waals surface area contributed by atoms with Crippen molar-refractivity contribution in [2.24, 2.45) is 0 Å². The molecule has 3 N–H and O–H groups in total. The Morgan fingerprint density at radius 1 is 1.54 bits per heavy atom. The summed E-state index contributed by atoms with van der Waals surface area (Å²) in [7, 11) is 0. The number of hydrogen-bond donors (Lipinski definition) is 3. The van der Waals surface area contributed by atoms with Crippen LogP contribution in [0.2, 0.25) is 0 Å². The first-order valence-corrected chi connectivity index (χ1v) is 4.94. The predicted octanol–water partition coefficient (Wildman–Crippen LogP) is -0.502. The largest absolute Gasteiger partial charge is 0.394 e. The van der Waals surface area contributed by atoms with E-state index in [0.29, 0.717) is 12.6 Å². The van der Waals surface area contributed by atoms with E-state index in [-0.39, 0.29) is 6.61 Å². The summed E-state index contributed by atoms with van der Waals surface area (Å²) in [4.78, 5) is 0. The van der Waals surface area contributed by atoms with Gasteiger partial charge in [0.25, 0.3) is 0 Å². The Morgan fingerprint density at radius 2 is 2.38 bits per heavy atom. The second-order valence-corrected chi connectivity index (χ2v) is 3.46. The molecule has 0 radical (unpaired) electrons. The van der Waals surface area contributed by atoms with Gasteiger partial charge in [0.1, 0.15) is 0 Å². The maximum atomic E-state index is 9.01. The van der Waals surface area contributed by atoms with Gasteiger partial charge in [0.05, 0.1) is 18.8 Å². The van der Waals surface area contributed by atoms with E-state index in [1.165, 1.54) is 6.42 Å². The molecule has 1 saturated heterocycles. The van der Waals surface area contributed by atoms with Gasteiger partial charge < -0.3 is 20.3 Å². The first-order valence-electron chi connectivity index (χ1n) is 4.94. The van der Waals surface area contributed by atoms with Crippen molar-refractivity contribution >= 4 is 0 Å². The molecule has 4 nitrogen and oxygen atoms in total. The highest BCUT2D eigenvalue weighted by Gasteiger charge is 2.14. The number of nitrogens with one attached hydrogen (secondary N) is 1. The van der Waals surface area contributed by atoms with Crippen LogP contribution in [-0.4, -0.2) is 48.7 Å². The average molecular weight is 189 g/mol. The predicted molar refractivity (Wildman–Crippen MR) is 49.6 cm³/mol. The maximum absolute atomic E-state index is 9.01. The van der Waals surface area contributed by atoms with Gasteiger partial charge >= 0.3 is 0 Å². The van der Waals surface area contributed by atoms with E-state index in [9.17, 15) is 0 Å². The first kappa shape index (κ1) is 10.9. The Hall–Kier alpha value is -0.160. The molecule has 0 aromatic carbocycles. The van der Waals surface area contributed by atoms with Crippen LogP contribution in [0.1, 0.15) is 19.3 Å². The zero-order valence-electron chi connectivity index (χ0n) is 7.91. The molecule has 1 aliphatic rings. The van der Waals surface area contributed by atoms with Crippen LogP contribution in [-0.2, 0) is 4.74 Å². The fourth-order valence-electron chi connectivity index (χ4n) is 1.47. The molecule has 0 saturated carbocycles. The number of rotatable bonds is 6. The smallest absolute Gasteiger partial charge is 0.0894 e. The van der Waals surface area contributed by atoms with E-state index in [1.54, 1.807) is 0 Å². The molecule has 0 amide bonds. The number of ether oxygens (including phenoxy) is 1. The molecular weight excluding hydrogens is 170 g/mol. The number of aliphatic hydroxyl groups excluding tert-OH is 2. The quantitative estimate of drug-likeness (QED) is 0.493. The summed E-state index contributed by atoms with van der Waals surface area (Å²) in [6.07, 6.45) is 3.09. The maximum Gasteiger partial charge on any atom is 0.0894 e. The van der Waals surface area contributed by atoms with Gasteiger partial charge in [-0.15, -0.1) is 0 Å². The van der Waals surface area contributed by atoms with Crippen molar-refractivity contribution in [1.82, 2.24) is 5.32 Å². The van der Waals surface area contributed by atoms with Crippen molar-refractivity contribution in [3.63, 3.8) is 0 Å². The van der Waals surface area contributed by atoms with E-state index >= 15 is 0 Å². The third kappa shape index (κ3) is 4.57. The molecule has 0 aromatic heterocycles. The van der Waals surface area contributed by atoms with Gasteiger partial charge in [-0.2, -0.15) is 0 Å². The summed E-state index contributed by atoms with van der Waals surface area (Å²) in [5.74, 6) is 0. The molecule has 4 heteroatoms. The minimum absolute atomic E-state index is 0.174. The molecule has 1 aliphatic heterocycles. The Balaban J connectivity index is 1.88. The minimum atomic E-state index is -0.635. The van der Waals surface area contributed by atoms with Crippen LogP contribution in [0, 0.1) is 0 Å². The fourth-order valence-corrected chi connectivity index (χ4v) is 1.47. The lowest BCUT2D eigenvalue weighted by molar-refractivity contribution is 0.0877. The molecule has 13 heavy (non-hydrogen) atoms. The Kier molecular flexibility index (Phi) is 5.31. The van der Waals surface area contributed by atoms with Gasteiger partial charge in [-0.1, -0.05) is 0 Å². The zero-order chi connectivity index (χ0) is 9.52. The summed E-state index contributed by atoms with van der Waals surface area (Å²) in [6, 6.07) is 0. The molecule has 2 unspecified atom stereocenters. The summed E-state index contributed by atoms with van der Waals surface area (Å²) in [6.45, 7) is 2.03. The monoisotopic (exact) mass is 189 g/mol. The van der Waals surface area contributed by atoms with Crippen LogP contribution in [0.5, 0.6) is 0 Å². The van der Waals surface area contributed by atoms with Gasteiger partial charge in [0.2, 0.25) is 0 Å². The van der Waals surface area contributed by atoms with E-state index in [0.717, 1.165) is 26.0 Å². The highest BCUT2D eigenvalue weighted by atomic mass is 16.5. The van der Waals surface area contributed by atoms with E-state index in [2.05, 4.69) is 5.32 Å². The van der Waals surface area contributed by atoms with Crippen molar-refractivity contribution in [1.29, 1.82) is 0 Å². The molecule has 1 heterocycles. The molecular formula is C9H19NO3. The third-order valence-electron chi connectivity index (χ3n) is 2.26. The zero-order valence-corrected chi connectivity index (χ0v) is 7.91. The van der Waals surface area contributed by atoms with E-state index < -0.39 is 6.10 Å². The van der Waals surface area contributed by atoms with Crippen molar-refractivity contribution in [2.45, 2.75) is 31.5 Å². The fraction of sp³-hybridized carbons (Fsp3) is 1.00. The highest BCUT2D eigenvalue weighted by Crippen LogP contribution is 2.14. The summed E-state index contributed by atoms with van der Waals surface area (Å²) in [5.41, 5.74) is 0. The first-order chi connectivity index (χ1) is 6.33. The minimum Gasteiger partial charge on any atom is -0.394 e. The molecule has 78 valence electrons. The topological polar surface area (TPSA) is 61.7 Å². The number of aliphatic hydroxyl groups is 2. The molecule has 0 aliphatic carbocycles. The van der Waals surface area contributed by atoms with Crippen LogP contribution in [0.4, 0.5) is 0 Å². The normalized spacial score (nSPS) is 24.9. The molecule has 2 atom stereocenters. The van der Waals surface area contributed by atoms with Crippen LogP contribution >= 0.6 is 0 Å². The third-order valence-corrected chi connectivity index (χ3v) is 2.26. The van der Waals surface area contributed by atoms with Gasteiger partial charge in [-0.25, -0.2) is 0 Å². The molecule has 0 bridgehead atoms. The van der Waals surface area contributed by atoms with Crippen molar-refractivity contribution in [3.8, 4) is 0 Å². The van der Waals surface area contributed by atoms with Crippen molar-refractivity contribution in [3.05, 3.63) is 0 Å². The average Bonchev–Trinajstić information content (AvgIpc) is 2.64. The Bertz CT molecular complexity index is 126. The Labute approximate surface area is 78.9 Å². The van der Waals surface area contributed by atoms with Crippen LogP contribution in [0.3, 0.4) is 0 Å². The van der Waals surface area contributed by atoms with Gasteiger partial charge in [0.15, 0.2) is 0 Å². The lowest BCUT2D eigenvalue weighted by Crippen LogP contribution is -2.31. The lowest BCUT2D eigenvalue weighted by atomic mass is 10.2. The van der Waals surface area contributed by atoms with Crippen molar-refractivity contribution in [2.75, 3.05) is 26.3 Å². The summed E-state index contributed by atoms with van der Waals surface area (Å²) in [5, 5.41) is 20.6.